The van der Waals surface area contributed by atoms with Crippen molar-refractivity contribution in [3.8, 4) is 0 Å². The molecule has 1 aliphatic carbocycles. The van der Waals surface area contributed by atoms with Crippen molar-refractivity contribution in [1.82, 2.24) is 30.9 Å². The molecule has 10 nitrogen and oxygen atoms in total. The number of hydrogen-bond donors (Lipinski definition) is 3. The monoisotopic (exact) mass is 470 g/mol. The summed E-state index contributed by atoms with van der Waals surface area (Å²) in [5, 5.41) is 6.60. The van der Waals surface area contributed by atoms with Crippen molar-refractivity contribution in [1.29, 1.82) is 0 Å². The molecule has 3 N–H and O–H groups in total. The average Bonchev–Trinajstić information content (AvgIpc) is 3.07. The molecule has 184 valence electrons. The van der Waals surface area contributed by atoms with E-state index in [1.54, 1.807) is 0 Å². The number of nitrogens with one attached hydrogen (secondary N) is 3. The summed E-state index contributed by atoms with van der Waals surface area (Å²) < 4.78 is 0. The number of benzene rings is 1. The maximum absolute atomic E-state index is 12.8. The number of carbonyl (C=O) groups excluding carboxylic acids is 4. The second kappa shape index (κ2) is 11.0. The third-order valence-corrected chi connectivity index (χ3v) is 6.93. The van der Waals surface area contributed by atoms with Crippen molar-refractivity contribution in [3.63, 3.8) is 0 Å². The molecule has 0 aromatic heterocycles. The smallest absolute Gasteiger partial charge is 0.344 e. The van der Waals surface area contributed by atoms with Crippen LogP contribution < -0.4 is 16.1 Å². The standard InChI is InChI=1S/C24H34N6O4/c31-20(27-30-22(33)24(26-23(30)34)10-5-2-6-11-24)9-12-28-13-15-29(16-14-28)18-21(32)25-17-19-7-3-1-4-8-19/h1,3-4,7-8H,2,5-6,9-18H2,(H,25,32)(H,26,34)(H,27,31). The number of urea groups is 1. The number of piperazine rings is 1. The lowest BCUT2D eigenvalue weighted by Crippen LogP contribution is -2.52. The maximum Gasteiger partial charge on any atom is 0.344 e. The predicted octanol–water partition coefficient (Wildman–Crippen LogP) is 0.596. The molecule has 0 bridgehead atoms. The molecule has 3 aliphatic rings. The van der Waals surface area contributed by atoms with Crippen LogP contribution in [0.15, 0.2) is 30.3 Å². The number of imide groups is 1. The summed E-state index contributed by atoms with van der Waals surface area (Å²) in [5.74, 6) is -0.690. The van der Waals surface area contributed by atoms with Gasteiger partial charge in [-0.25, -0.2) is 4.79 Å². The molecule has 2 aliphatic heterocycles. The van der Waals surface area contributed by atoms with Gasteiger partial charge in [-0.1, -0.05) is 49.6 Å². The molecule has 1 saturated carbocycles. The largest absolute Gasteiger partial charge is 0.351 e. The number of nitrogens with zero attached hydrogens (tertiary/aromatic N) is 3. The lowest BCUT2D eigenvalue weighted by Gasteiger charge is -2.34. The van der Waals surface area contributed by atoms with Crippen LogP contribution in [-0.4, -0.2) is 83.4 Å². The minimum absolute atomic E-state index is 0.000903. The van der Waals surface area contributed by atoms with Gasteiger partial charge in [0, 0.05) is 45.7 Å². The molecular weight excluding hydrogens is 436 g/mol. The first kappa shape index (κ1) is 24.2. The van der Waals surface area contributed by atoms with Crippen LogP contribution in [-0.2, 0) is 20.9 Å². The normalized spacial score (nSPS) is 20.9. The molecule has 34 heavy (non-hydrogen) atoms. The molecule has 5 amide bonds. The third kappa shape index (κ3) is 5.92. The lowest BCUT2D eigenvalue weighted by atomic mass is 9.82. The Hall–Kier alpha value is -2.98. The van der Waals surface area contributed by atoms with Crippen molar-refractivity contribution in [2.75, 3.05) is 39.3 Å². The summed E-state index contributed by atoms with van der Waals surface area (Å²) in [5.41, 5.74) is 2.72. The quantitative estimate of drug-likeness (QED) is 0.480. The first-order valence-electron chi connectivity index (χ1n) is 12.2. The number of rotatable bonds is 8. The van der Waals surface area contributed by atoms with Crippen LogP contribution in [0.3, 0.4) is 0 Å². The Kier molecular flexibility index (Phi) is 7.79. The molecule has 2 saturated heterocycles. The molecule has 1 aromatic carbocycles. The second-order valence-electron chi connectivity index (χ2n) is 9.38. The Balaban J connectivity index is 1.13. The van der Waals surface area contributed by atoms with Crippen LogP contribution in [0.5, 0.6) is 0 Å². The van der Waals surface area contributed by atoms with E-state index in [-0.39, 0.29) is 24.1 Å². The zero-order valence-electron chi connectivity index (χ0n) is 19.6. The van der Waals surface area contributed by atoms with Gasteiger partial charge in [-0.3, -0.25) is 24.7 Å². The van der Waals surface area contributed by atoms with E-state index in [2.05, 4.69) is 25.9 Å². The molecule has 0 atom stereocenters. The fourth-order valence-electron chi connectivity index (χ4n) is 4.88. The van der Waals surface area contributed by atoms with Gasteiger partial charge in [-0.05, 0) is 18.4 Å². The molecule has 1 spiro atoms. The van der Waals surface area contributed by atoms with Gasteiger partial charge in [0.1, 0.15) is 5.54 Å². The Morgan fingerprint density at radius 3 is 2.29 bits per heavy atom. The fourth-order valence-corrected chi connectivity index (χ4v) is 4.88. The van der Waals surface area contributed by atoms with Crippen LogP contribution in [0.2, 0.25) is 0 Å². The van der Waals surface area contributed by atoms with E-state index in [4.69, 9.17) is 0 Å². The molecule has 4 rings (SSSR count). The third-order valence-electron chi connectivity index (χ3n) is 6.93. The Morgan fingerprint density at radius 2 is 1.59 bits per heavy atom. The summed E-state index contributed by atoms with van der Waals surface area (Å²) in [4.78, 5) is 54.0. The molecule has 10 heteroatoms. The van der Waals surface area contributed by atoms with Crippen LogP contribution >= 0.6 is 0 Å². The van der Waals surface area contributed by atoms with E-state index in [1.165, 1.54) is 0 Å². The van der Waals surface area contributed by atoms with Gasteiger partial charge in [0.15, 0.2) is 0 Å². The van der Waals surface area contributed by atoms with E-state index in [0.717, 1.165) is 56.0 Å². The van der Waals surface area contributed by atoms with Crippen molar-refractivity contribution in [2.45, 2.75) is 50.6 Å². The molecule has 0 unspecified atom stereocenters. The van der Waals surface area contributed by atoms with E-state index < -0.39 is 11.6 Å². The first-order valence-corrected chi connectivity index (χ1v) is 12.2. The first-order chi connectivity index (χ1) is 16.4. The number of amides is 5. The Labute approximate surface area is 200 Å². The van der Waals surface area contributed by atoms with Gasteiger partial charge in [-0.2, -0.15) is 5.01 Å². The fraction of sp³-hybridized carbons (Fsp3) is 0.583. The number of carbonyl (C=O) groups is 4. The van der Waals surface area contributed by atoms with E-state index in [9.17, 15) is 19.2 Å². The van der Waals surface area contributed by atoms with Crippen molar-refractivity contribution in [2.24, 2.45) is 0 Å². The zero-order chi connectivity index (χ0) is 24.0. The van der Waals surface area contributed by atoms with Gasteiger partial charge in [0.25, 0.3) is 5.91 Å². The Bertz CT molecular complexity index is 894. The Morgan fingerprint density at radius 1 is 0.912 bits per heavy atom. The van der Waals surface area contributed by atoms with Crippen LogP contribution in [0.1, 0.15) is 44.1 Å². The summed E-state index contributed by atoms with van der Waals surface area (Å²) in [7, 11) is 0. The number of hydrazine groups is 1. The number of hydrogen-bond acceptors (Lipinski definition) is 6. The van der Waals surface area contributed by atoms with E-state index in [0.29, 0.717) is 32.5 Å². The summed E-state index contributed by atoms with van der Waals surface area (Å²) in [6, 6.07) is 9.27. The molecule has 3 fully saturated rings. The highest BCUT2D eigenvalue weighted by Crippen LogP contribution is 2.32. The highest BCUT2D eigenvalue weighted by molar-refractivity contribution is 6.08. The molecule has 1 aromatic rings. The minimum Gasteiger partial charge on any atom is -0.351 e. The van der Waals surface area contributed by atoms with Gasteiger partial charge >= 0.3 is 6.03 Å². The van der Waals surface area contributed by atoms with Crippen LogP contribution in [0, 0.1) is 0 Å². The zero-order valence-corrected chi connectivity index (χ0v) is 19.6. The summed E-state index contributed by atoms with van der Waals surface area (Å²) in [6.45, 7) is 4.42. The highest BCUT2D eigenvalue weighted by atomic mass is 16.2. The molecule has 2 heterocycles. The summed E-state index contributed by atoms with van der Waals surface area (Å²) >= 11 is 0. The maximum atomic E-state index is 12.8. The summed E-state index contributed by atoms with van der Waals surface area (Å²) in [6.07, 6.45) is 4.30. The topological polar surface area (TPSA) is 114 Å². The molecule has 0 radical (unpaired) electrons. The van der Waals surface area contributed by atoms with Crippen molar-refractivity contribution >= 4 is 23.8 Å². The van der Waals surface area contributed by atoms with Gasteiger partial charge < -0.3 is 15.5 Å². The SMILES string of the molecule is O=C(CN1CCN(CCC(=O)NN2C(=O)NC3(CCCCC3)C2=O)CC1)NCc1ccccc1. The van der Waals surface area contributed by atoms with Crippen LogP contribution in [0.25, 0.3) is 0 Å². The molecular formula is C24H34N6O4. The van der Waals surface area contributed by atoms with Gasteiger partial charge in [0.05, 0.1) is 6.54 Å². The minimum atomic E-state index is -0.841. The van der Waals surface area contributed by atoms with Crippen LogP contribution in [0.4, 0.5) is 4.79 Å². The van der Waals surface area contributed by atoms with E-state index in [1.807, 2.05) is 30.3 Å². The van der Waals surface area contributed by atoms with Gasteiger partial charge in [-0.15, -0.1) is 0 Å². The predicted molar refractivity (Wildman–Crippen MR) is 125 cm³/mol. The van der Waals surface area contributed by atoms with Crippen molar-refractivity contribution in [3.05, 3.63) is 35.9 Å². The van der Waals surface area contributed by atoms with Crippen molar-refractivity contribution < 1.29 is 19.2 Å². The lowest BCUT2D eigenvalue weighted by molar-refractivity contribution is -0.140. The second-order valence-corrected chi connectivity index (χ2v) is 9.38. The van der Waals surface area contributed by atoms with Gasteiger partial charge in [0.2, 0.25) is 11.8 Å². The van der Waals surface area contributed by atoms with E-state index >= 15 is 0 Å². The average molecular weight is 471 g/mol. The highest BCUT2D eigenvalue weighted by Gasteiger charge is 2.52.